The van der Waals surface area contributed by atoms with Crippen LogP contribution >= 0.6 is 0 Å². The second kappa shape index (κ2) is 8.11. The molecule has 1 saturated heterocycles. The summed E-state index contributed by atoms with van der Waals surface area (Å²) < 4.78 is 0. The number of oxime groups is 1. The predicted octanol–water partition coefficient (Wildman–Crippen LogP) is 3.68. The number of hydrogen-bond donors (Lipinski definition) is 0. The van der Waals surface area contributed by atoms with Crippen LogP contribution < -0.4 is 0 Å². The average molecular weight is 332 g/mol. The molecule has 126 valence electrons. The molecule has 3 rings (SSSR count). The van der Waals surface area contributed by atoms with E-state index in [1.807, 2.05) is 42.5 Å². The third-order valence-corrected chi connectivity index (χ3v) is 4.34. The van der Waals surface area contributed by atoms with Crippen molar-refractivity contribution in [2.24, 2.45) is 10.1 Å². The van der Waals surface area contributed by atoms with Crippen molar-refractivity contribution in [3.05, 3.63) is 60.2 Å². The first-order chi connectivity index (χ1) is 12.3. The van der Waals surface area contributed by atoms with Crippen LogP contribution in [-0.2, 0) is 4.84 Å². The molecule has 1 aliphatic heterocycles. The van der Waals surface area contributed by atoms with Gasteiger partial charge in [-0.3, -0.25) is 0 Å². The summed E-state index contributed by atoms with van der Waals surface area (Å²) in [6.45, 7) is 4.70. The zero-order chi connectivity index (χ0) is 17.5. The molecule has 0 aliphatic carbocycles. The van der Waals surface area contributed by atoms with Gasteiger partial charge in [-0.25, -0.2) is 4.99 Å². The van der Waals surface area contributed by atoms with Crippen molar-refractivity contribution in [3.63, 3.8) is 0 Å². The molecular formula is C20H20N4O. The summed E-state index contributed by atoms with van der Waals surface area (Å²) in [6.07, 6.45) is 4.22. The number of nitriles is 1. The normalized spacial score (nSPS) is 17.2. The summed E-state index contributed by atoms with van der Waals surface area (Å²) in [6, 6.07) is 18.3. The summed E-state index contributed by atoms with van der Waals surface area (Å²) in [7, 11) is 0. The fourth-order valence-corrected chi connectivity index (χ4v) is 3.02. The van der Waals surface area contributed by atoms with Gasteiger partial charge in [-0.2, -0.15) is 5.26 Å². The van der Waals surface area contributed by atoms with E-state index in [9.17, 15) is 0 Å². The maximum atomic E-state index is 9.13. The number of likely N-dealkylation sites (tertiary alicyclic amines) is 1. The lowest BCUT2D eigenvalue weighted by molar-refractivity contribution is 0.325. The Bertz CT molecular complexity index is 778. The molecule has 2 aromatic rings. The van der Waals surface area contributed by atoms with Gasteiger partial charge in [0, 0.05) is 18.8 Å². The lowest BCUT2D eigenvalue weighted by Gasteiger charge is -2.16. The largest absolute Gasteiger partial charge is 0.337 e. The van der Waals surface area contributed by atoms with E-state index in [0.29, 0.717) is 12.4 Å². The zero-order valence-corrected chi connectivity index (χ0v) is 14.0. The van der Waals surface area contributed by atoms with Crippen molar-refractivity contribution in [1.82, 2.24) is 4.90 Å². The molecule has 25 heavy (non-hydrogen) atoms. The lowest BCUT2D eigenvalue weighted by Crippen LogP contribution is -2.27. The molecule has 1 unspecified atom stereocenters. The van der Waals surface area contributed by atoms with Gasteiger partial charge in [0.05, 0.1) is 12.6 Å². The van der Waals surface area contributed by atoms with Gasteiger partial charge >= 0.3 is 0 Å². The van der Waals surface area contributed by atoms with Crippen LogP contribution in [0.2, 0.25) is 0 Å². The summed E-state index contributed by atoms with van der Waals surface area (Å²) >= 11 is 0. The third-order valence-electron chi connectivity index (χ3n) is 4.34. The van der Waals surface area contributed by atoms with E-state index in [-0.39, 0.29) is 6.04 Å². The minimum absolute atomic E-state index is 0.136. The van der Waals surface area contributed by atoms with E-state index in [1.54, 1.807) is 4.90 Å². The van der Waals surface area contributed by atoms with E-state index in [0.717, 1.165) is 36.1 Å². The monoisotopic (exact) mass is 332 g/mol. The van der Waals surface area contributed by atoms with E-state index >= 15 is 0 Å². The van der Waals surface area contributed by atoms with Gasteiger partial charge in [0.2, 0.25) is 0 Å². The zero-order valence-electron chi connectivity index (χ0n) is 14.0. The predicted molar refractivity (Wildman–Crippen MR) is 99.3 cm³/mol. The molecule has 0 bridgehead atoms. The van der Waals surface area contributed by atoms with E-state index in [2.05, 4.69) is 35.2 Å². The highest BCUT2D eigenvalue weighted by atomic mass is 16.6. The van der Waals surface area contributed by atoms with Crippen molar-refractivity contribution in [2.75, 3.05) is 13.1 Å². The number of benzene rings is 2. The van der Waals surface area contributed by atoms with Crippen molar-refractivity contribution in [1.29, 1.82) is 5.26 Å². The van der Waals surface area contributed by atoms with Crippen LogP contribution in [0.3, 0.4) is 0 Å². The molecule has 1 atom stereocenters. The highest BCUT2D eigenvalue weighted by molar-refractivity contribution is 5.94. The van der Waals surface area contributed by atoms with E-state index < -0.39 is 0 Å². The number of hydrogen-bond acceptors (Lipinski definition) is 5. The highest BCUT2D eigenvalue weighted by Gasteiger charge is 2.23. The fourth-order valence-electron chi connectivity index (χ4n) is 3.02. The quantitative estimate of drug-likeness (QED) is 0.363. The maximum absolute atomic E-state index is 9.13. The third kappa shape index (κ3) is 4.04. The second-order valence-electron chi connectivity index (χ2n) is 5.90. The van der Waals surface area contributed by atoms with Gasteiger partial charge in [0.25, 0.3) is 5.90 Å². The standard InChI is InChI=1S/C20H20N4O/c1-22-25-20(23-14-19-8-5-13-24(19)15-21)18-11-9-17(10-12-18)16-6-3-2-4-7-16/h2-4,6-7,9-12,19H,1,5,8,13-14H2/b23-20-. The van der Waals surface area contributed by atoms with Gasteiger partial charge in [0.1, 0.15) is 0 Å². The van der Waals surface area contributed by atoms with Crippen LogP contribution in [0, 0.1) is 11.5 Å². The average Bonchev–Trinajstić information content (AvgIpc) is 3.13. The van der Waals surface area contributed by atoms with Crippen molar-refractivity contribution < 1.29 is 4.84 Å². The number of nitrogens with zero attached hydrogens (tertiary/aromatic N) is 4. The van der Waals surface area contributed by atoms with Gasteiger partial charge in [-0.15, -0.1) is 0 Å². The van der Waals surface area contributed by atoms with Crippen LogP contribution in [-0.4, -0.2) is 36.6 Å². The van der Waals surface area contributed by atoms with Crippen molar-refractivity contribution in [2.45, 2.75) is 18.9 Å². The first kappa shape index (κ1) is 16.7. The highest BCUT2D eigenvalue weighted by Crippen LogP contribution is 2.20. The molecule has 0 saturated carbocycles. The molecule has 0 radical (unpaired) electrons. The minimum Gasteiger partial charge on any atom is -0.337 e. The van der Waals surface area contributed by atoms with E-state index in [4.69, 9.17) is 10.1 Å². The van der Waals surface area contributed by atoms with Crippen molar-refractivity contribution >= 4 is 12.6 Å². The Morgan fingerprint density at radius 3 is 2.56 bits per heavy atom. The molecule has 0 amide bonds. The van der Waals surface area contributed by atoms with Crippen LogP contribution in [0.15, 0.2) is 64.7 Å². The van der Waals surface area contributed by atoms with Crippen LogP contribution in [0.4, 0.5) is 0 Å². The fraction of sp³-hybridized carbons (Fsp3) is 0.250. The summed E-state index contributed by atoms with van der Waals surface area (Å²) in [5.74, 6) is 0.430. The number of rotatable bonds is 5. The molecule has 0 N–H and O–H groups in total. The van der Waals surface area contributed by atoms with Crippen LogP contribution in [0.5, 0.6) is 0 Å². The Morgan fingerprint density at radius 1 is 1.16 bits per heavy atom. The molecule has 1 aliphatic rings. The van der Waals surface area contributed by atoms with Gasteiger partial charge < -0.3 is 9.74 Å². The lowest BCUT2D eigenvalue weighted by atomic mass is 10.0. The molecular weight excluding hydrogens is 312 g/mol. The summed E-state index contributed by atoms with van der Waals surface area (Å²) in [5.41, 5.74) is 3.13. The minimum atomic E-state index is 0.136. The topological polar surface area (TPSA) is 61.0 Å². The molecule has 1 heterocycles. The molecule has 0 aromatic heterocycles. The van der Waals surface area contributed by atoms with Crippen molar-refractivity contribution in [3.8, 4) is 17.3 Å². The van der Waals surface area contributed by atoms with Gasteiger partial charge in [0.15, 0.2) is 6.19 Å². The summed E-state index contributed by atoms with van der Waals surface area (Å²) in [5, 5.41) is 12.6. The smallest absolute Gasteiger partial charge is 0.251 e. The first-order valence-corrected chi connectivity index (χ1v) is 8.31. The Morgan fingerprint density at radius 2 is 1.88 bits per heavy atom. The molecule has 0 spiro atoms. The van der Waals surface area contributed by atoms with Gasteiger partial charge in [-0.05, 0) is 36.1 Å². The van der Waals surface area contributed by atoms with Crippen LogP contribution in [0.25, 0.3) is 11.1 Å². The second-order valence-corrected chi connectivity index (χ2v) is 5.90. The van der Waals surface area contributed by atoms with E-state index in [1.165, 1.54) is 0 Å². The Hall–Kier alpha value is -3.13. The van der Waals surface area contributed by atoms with Crippen LogP contribution in [0.1, 0.15) is 18.4 Å². The maximum Gasteiger partial charge on any atom is 0.251 e. The summed E-state index contributed by atoms with van der Waals surface area (Å²) in [4.78, 5) is 11.6. The molecule has 5 nitrogen and oxygen atoms in total. The molecule has 5 heteroatoms. The Labute approximate surface area is 147 Å². The SMILES string of the molecule is C=NO/C(=N\CC1CCCN1C#N)c1ccc(-c2ccccc2)cc1. The molecule has 2 aromatic carbocycles. The molecule has 1 fully saturated rings. The van der Waals surface area contributed by atoms with Gasteiger partial charge in [-0.1, -0.05) is 47.6 Å². The first-order valence-electron chi connectivity index (χ1n) is 8.31. The Balaban J connectivity index is 1.77. The number of aliphatic imine (C=N–C) groups is 1. The Kier molecular flexibility index (Phi) is 5.43.